The van der Waals surface area contributed by atoms with Gasteiger partial charge in [-0.25, -0.2) is 0 Å². The zero-order valence-corrected chi connectivity index (χ0v) is 11.5. The first kappa shape index (κ1) is 14.0. The minimum absolute atomic E-state index is 0.159. The zero-order chi connectivity index (χ0) is 14.4. The van der Waals surface area contributed by atoms with Crippen molar-refractivity contribution in [3.05, 3.63) is 35.9 Å². The quantitative estimate of drug-likeness (QED) is 0.775. The van der Waals surface area contributed by atoms with Crippen molar-refractivity contribution in [2.24, 2.45) is 0 Å². The van der Waals surface area contributed by atoms with Gasteiger partial charge < -0.3 is 15.2 Å². The van der Waals surface area contributed by atoms with Gasteiger partial charge in [-0.3, -0.25) is 9.78 Å². The van der Waals surface area contributed by atoms with Gasteiger partial charge in [0.1, 0.15) is 0 Å². The Hall–Kier alpha value is -2.44. The molecule has 20 heavy (non-hydrogen) atoms. The van der Waals surface area contributed by atoms with Crippen LogP contribution in [0.3, 0.4) is 0 Å². The van der Waals surface area contributed by atoms with Gasteiger partial charge in [0.2, 0.25) is 0 Å². The average Bonchev–Trinajstić information content (AvgIpc) is 2.93. The number of hydrogen-bond donors (Lipinski definition) is 2. The van der Waals surface area contributed by atoms with E-state index in [1.54, 1.807) is 18.3 Å². The highest BCUT2D eigenvalue weighted by Crippen LogP contribution is 2.11. The van der Waals surface area contributed by atoms with Crippen molar-refractivity contribution >= 4 is 11.9 Å². The number of amides is 1. The lowest BCUT2D eigenvalue weighted by atomic mass is 10.2. The minimum atomic E-state index is -0.159. The highest BCUT2D eigenvalue weighted by molar-refractivity contribution is 5.93. The maximum Gasteiger partial charge on any atom is 0.321 e. The number of carbonyl (C=O) groups excluding carboxylic acids is 1. The number of aromatic nitrogens is 3. The number of pyridine rings is 1. The molecule has 0 aliphatic carbocycles. The Labute approximate surface area is 116 Å². The third-order valence-corrected chi connectivity index (χ3v) is 2.57. The van der Waals surface area contributed by atoms with Crippen LogP contribution in [-0.4, -0.2) is 34.1 Å². The van der Waals surface area contributed by atoms with Crippen molar-refractivity contribution in [1.29, 1.82) is 0 Å². The first-order chi connectivity index (χ1) is 9.66. The SMILES string of the molecule is CC(C)c1noc(NCCNC(=O)c2cccnc2)n1. The summed E-state index contributed by atoms with van der Waals surface area (Å²) in [5.74, 6) is 0.722. The van der Waals surface area contributed by atoms with Crippen LogP contribution in [-0.2, 0) is 0 Å². The van der Waals surface area contributed by atoms with Crippen molar-refractivity contribution in [1.82, 2.24) is 20.4 Å². The summed E-state index contributed by atoms with van der Waals surface area (Å²) in [4.78, 5) is 19.8. The van der Waals surface area contributed by atoms with Crippen molar-refractivity contribution < 1.29 is 9.32 Å². The minimum Gasteiger partial charge on any atom is -0.350 e. The first-order valence-corrected chi connectivity index (χ1v) is 6.42. The Kier molecular flexibility index (Phi) is 4.65. The predicted octanol–water partition coefficient (Wildman–Crippen LogP) is 1.43. The Morgan fingerprint density at radius 2 is 2.25 bits per heavy atom. The van der Waals surface area contributed by atoms with E-state index in [9.17, 15) is 4.79 Å². The molecule has 1 amide bonds. The van der Waals surface area contributed by atoms with Gasteiger partial charge in [-0.05, 0) is 12.1 Å². The summed E-state index contributed by atoms with van der Waals surface area (Å²) in [6.45, 7) is 4.93. The predicted molar refractivity (Wildman–Crippen MR) is 73.4 cm³/mol. The number of nitrogens with zero attached hydrogens (tertiary/aromatic N) is 3. The number of nitrogens with one attached hydrogen (secondary N) is 2. The molecular formula is C13H17N5O2. The molecule has 106 valence electrons. The molecule has 0 fully saturated rings. The number of carbonyl (C=O) groups is 1. The second kappa shape index (κ2) is 6.65. The third kappa shape index (κ3) is 3.78. The van der Waals surface area contributed by atoms with Gasteiger partial charge in [0, 0.05) is 31.4 Å². The topological polar surface area (TPSA) is 92.9 Å². The number of anilines is 1. The lowest BCUT2D eigenvalue weighted by Gasteiger charge is -2.04. The fourth-order valence-corrected chi connectivity index (χ4v) is 1.49. The highest BCUT2D eigenvalue weighted by Gasteiger charge is 2.09. The van der Waals surface area contributed by atoms with E-state index in [2.05, 4.69) is 25.8 Å². The summed E-state index contributed by atoms with van der Waals surface area (Å²) in [5, 5.41) is 9.56. The van der Waals surface area contributed by atoms with E-state index in [0.29, 0.717) is 30.5 Å². The molecule has 0 atom stereocenters. The smallest absolute Gasteiger partial charge is 0.321 e. The van der Waals surface area contributed by atoms with Crippen molar-refractivity contribution in [2.45, 2.75) is 19.8 Å². The molecule has 2 heterocycles. The average molecular weight is 275 g/mol. The molecule has 7 nitrogen and oxygen atoms in total. The van der Waals surface area contributed by atoms with Crippen LogP contribution in [0.2, 0.25) is 0 Å². The van der Waals surface area contributed by atoms with Crippen LogP contribution in [0.25, 0.3) is 0 Å². The Morgan fingerprint density at radius 3 is 2.90 bits per heavy atom. The van der Waals surface area contributed by atoms with E-state index >= 15 is 0 Å². The van der Waals surface area contributed by atoms with E-state index in [1.807, 2.05) is 13.8 Å². The molecule has 0 radical (unpaired) electrons. The largest absolute Gasteiger partial charge is 0.350 e. The van der Waals surface area contributed by atoms with Crippen LogP contribution >= 0.6 is 0 Å². The molecule has 2 aromatic heterocycles. The van der Waals surface area contributed by atoms with Crippen LogP contribution < -0.4 is 10.6 Å². The fourth-order valence-electron chi connectivity index (χ4n) is 1.49. The van der Waals surface area contributed by atoms with Crippen LogP contribution in [0.15, 0.2) is 29.0 Å². The van der Waals surface area contributed by atoms with Crippen LogP contribution in [0.4, 0.5) is 6.01 Å². The number of rotatable bonds is 6. The molecule has 7 heteroatoms. The van der Waals surface area contributed by atoms with E-state index < -0.39 is 0 Å². The van der Waals surface area contributed by atoms with Crippen molar-refractivity contribution in [3.63, 3.8) is 0 Å². The van der Waals surface area contributed by atoms with Gasteiger partial charge in [0.05, 0.1) is 5.56 Å². The second-order valence-electron chi connectivity index (χ2n) is 4.54. The Bertz CT molecular complexity index is 553. The third-order valence-electron chi connectivity index (χ3n) is 2.57. The Morgan fingerprint density at radius 1 is 1.40 bits per heavy atom. The molecule has 0 spiro atoms. The lowest BCUT2D eigenvalue weighted by molar-refractivity contribution is 0.0954. The maximum absolute atomic E-state index is 11.7. The van der Waals surface area contributed by atoms with E-state index in [4.69, 9.17) is 4.52 Å². The van der Waals surface area contributed by atoms with Crippen molar-refractivity contribution in [3.8, 4) is 0 Å². The summed E-state index contributed by atoms with van der Waals surface area (Å²) in [6.07, 6.45) is 3.15. The molecule has 0 aliphatic rings. The molecule has 0 unspecified atom stereocenters. The number of hydrogen-bond acceptors (Lipinski definition) is 6. The van der Waals surface area contributed by atoms with E-state index in [-0.39, 0.29) is 11.8 Å². The molecule has 0 saturated carbocycles. The van der Waals surface area contributed by atoms with Gasteiger partial charge in [-0.1, -0.05) is 19.0 Å². The summed E-state index contributed by atoms with van der Waals surface area (Å²) < 4.78 is 5.02. The summed E-state index contributed by atoms with van der Waals surface area (Å²) in [6, 6.07) is 3.80. The lowest BCUT2D eigenvalue weighted by Crippen LogP contribution is -2.28. The van der Waals surface area contributed by atoms with Gasteiger partial charge in [0.25, 0.3) is 5.91 Å². The maximum atomic E-state index is 11.7. The molecule has 0 aliphatic heterocycles. The zero-order valence-electron chi connectivity index (χ0n) is 11.5. The van der Waals surface area contributed by atoms with Crippen LogP contribution in [0.1, 0.15) is 35.9 Å². The first-order valence-electron chi connectivity index (χ1n) is 6.42. The molecule has 0 aromatic carbocycles. The molecule has 0 saturated heterocycles. The molecule has 2 N–H and O–H groups in total. The standard InChI is InChI=1S/C13H17N5O2/c1-9(2)11-17-13(20-18-11)16-7-6-15-12(19)10-4-3-5-14-8-10/h3-5,8-9H,6-7H2,1-2H3,(H,15,19)(H,16,17,18). The second-order valence-corrected chi connectivity index (χ2v) is 4.54. The van der Waals surface area contributed by atoms with Gasteiger partial charge in [-0.15, -0.1) is 0 Å². The van der Waals surface area contributed by atoms with Gasteiger partial charge in [-0.2, -0.15) is 4.98 Å². The van der Waals surface area contributed by atoms with Crippen LogP contribution in [0, 0.1) is 0 Å². The summed E-state index contributed by atoms with van der Waals surface area (Å²) in [5.41, 5.74) is 0.535. The molecule has 0 bridgehead atoms. The highest BCUT2D eigenvalue weighted by atomic mass is 16.5. The molecule has 2 rings (SSSR count). The van der Waals surface area contributed by atoms with Gasteiger partial charge in [0.15, 0.2) is 5.82 Å². The van der Waals surface area contributed by atoms with Gasteiger partial charge >= 0.3 is 6.01 Å². The van der Waals surface area contributed by atoms with Crippen molar-refractivity contribution in [2.75, 3.05) is 18.4 Å². The molecular weight excluding hydrogens is 258 g/mol. The molecule has 2 aromatic rings. The summed E-state index contributed by atoms with van der Waals surface area (Å²) in [7, 11) is 0. The Balaban J connectivity index is 1.72. The normalized spacial score (nSPS) is 10.6. The monoisotopic (exact) mass is 275 g/mol. The fraction of sp³-hybridized carbons (Fsp3) is 0.385. The van der Waals surface area contributed by atoms with Crippen LogP contribution in [0.5, 0.6) is 0 Å². The van der Waals surface area contributed by atoms with E-state index in [1.165, 1.54) is 6.20 Å². The summed E-state index contributed by atoms with van der Waals surface area (Å²) >= 11 is 0. The van der Waals surface area contributed by atoms with E-state index in [0.717, 1.165) is 0 Å².